The third-order valence-electron chi connectivity index (χ3n) is 6.14. The highest BCUT2D eigenvalue weighted by atomic mass is 35.5. The second-order valence-corrected chi connectivity index (χ2v) is 9.44. The molecule has 37 heavy (non-hydrogen) atoms. The van der Waals surface area contributed by atoms with Gasteiger partial charge in [0.15, 0.2) is 0 Å². The first-order valence-corrected chi connectivity index (χ1v) is 12.7. The summed E-state index contributed by atoms with van der Waals surface area (Å²) in [6.07, 6.45) is 2.21. The van der Waals surface area contributed by atoms with Crippen molar-refractivity contribution in [1.82, 2.24) is 4.90 Å². The average Bonchev–Trinajstić information content (AvgIpc) is 2.90. The van der Waals surface area contributed by atoms with Gasteiger partial charge in [0.1, 0.15) is 0 Å². The van der Waals surface area contributed by atoms with Crippen LogP contribution in [0.3, 0.4) is 0 Å². The van der Waals surface area contributed by atoms with Gasteiger partial charge in [0.05, 0.1) is 10.7 Å². The molecule has 3 aromatic carbocycles. The summed E-state index contributed by atoms with van der Waals surface area (Å²) in [5, 5.41) is 17.3. The Morgan fingerprint density at radius 2 is 1.30 bits per heavy atom. The minimum absolute atomic E-state index is 0.384. The molecule has 8 heteroatoms. The fourth-order valence-corrected chi connectivity index (χ4v) is 4.66. The second-order valence-electron chi connectivity index (χ2n) is 8.59. The Bertz CT molecular complexity index is 1160. The summed E-state index contributed by atoms with van der Waals surface area (Å²) < 4.78 is 0. The zero-order valence-corrected chi connectivity index (χ0v) is 21.9. The number of carbonyl (C=O) groups is 2. The number of carboxylic acid groups (broad SMARTS) is 2. The maximum Gasteiger partial charge on any atom is 0.328 e. The Hall–Kier alpha value is -3.32. The standard InChI is InChI=1S/C25H26Cl2N2.C4H4O4/c26-22-12-10-21(11-13-22)23(20-6-2-1-3-7-20)14-15-28-16-18-29(19-17-28)25-9-5-4-8-24(25)27;5-3(6)1-2-4(7)8/h1-13,23H,14-19H2;1-2H,(H,5,6)(H,7,8)/b;2-1-. The van der Waals surface area contributed by atoms with Gasteiger partial charge in [0, 0.05) is 49.3 Å². The molecule has 1 aliphatic heterocycles. The van der Waals surface area contributed by atoms with E-state index in [0.717, 1.165) is 54.9 Å². The number of aliphatic carboxylic acids is 2. The number of halogens is 2. The zero-order chi connectivity index (χ0) is 26.6. The first-order valence-electron chi connectivity index (χ1n) is 12.0. The summed E-state index contributed by atoms with van der Waals surface area (Å²) in [4.78, 5) is 24.1. The SMILES string of the molecule is Clc1ccc(C(CCN2CCN(c3ccccc3Cl)CC2)c2ccccc2)cc1.O=C(O)/C=C\C(=O)O. The number of carboxylic acids is 2. The summed E-state index contributed by atoms with van der Waals surface area (Å²) in [7, 11) is 0. The van der Waals surface area contributed by atoms with Gasteiger partial charge in [-0.25, -0.2) is 9.59 Å². The molecule has 0 aromatic heterocycles. The van der Waals surface area contributed by atoms with Crippen LogP contribution in [0.15, 0.2) is 91.0 Å². The van der Waals surface area contributed by atoms with E-state index in [2.05, 4.69) is 64.4 Å². The Morgan fingerprint density at radius 3 is 1.86 bits per heavy atom. The number of para-hydroxylation sites is 1. The van der Waals surface area contributed by atoms with Gasteiger partial charge in [-0.05, 0) is 48.4 Å². The molecule has 6 nitrogen and oxygen atoms in total. The van der Waals surface area contributed by atoms with Gasteiger partial charge in [0.25, 0.3) is 0 Å². The Labute approximate surface area is 227 Å². The Morgan fingerprint density at radius 1 is 0.757 bits per heavy atom. The number of nitrogens with zero attached hydrogens (tertiary/aromatic N) is 2. The fraction of sp³-hybridized carbons (Fsp3) is 0.241. The van der Waals surface area contributed by atoms with Crippen molar-refractivity contribution < 1.29 is 19.8 Å². The van der Waals surface area contributed by atoms with Crippen molar-refractivity contribution in [3.8, 4) is 0 Å². The maximum absolute atomic E-state index is 9.55. The van der Waals surface area contributed by atoms with E-state index >= 15 is 0 Å². The molecule has 1 atom stereocenters. The van der Waals surface area contributed by atoms with Crippen molar-refractivity contribution in [2.75, 3.05) is 37.6 Å². The second kappa shape index (κ2) is 14.4. The monoisotopic (exact) mass is 540 g/mol. The molecule has 1 heterocycles. The highest BCUT2D eigenvalue weighted by Gasteiger charge is 2.21. The third kappa shape index (κ3) is 9.25. The average molecular weight is 541 g/mol. The topological polar surface area (TPSA) is 81.1 Å². The van der Waals surface area contributed by atoms with E-state index in [0.29, 0.717) is 18.1 Å². The largest absolute Gasteiger partial charge is 0.478 e. The molecule has 0 bridgehead atoms. The molecule has 1 fully saturated rings. The number of rotatable bonds is 8. The molecule has 1 aliphatic rings. The molecule has 3 aromatic rings. The molecule has 1 unspecified atom stereocenters. The van der Waals surface area contributed by atoms with E-state index in [1.54, 1.807) is 0 Å². The lowest BCUT2D eigenvalue weighted by Crippen LogP contribution is -2.46. The van der Waals surface area contributed by atoms with Crippen LogP contribution < -0.4 is 4.90 Å². The molecule has 0 radical (unpaired) electrons. The van der Waals surface area contributed by atoms with Gasteiger partial charge >= 0.3 is 11.9 Å². The predicted octanol–water partition coefficient (Wildman–Crippen LogP) is 6.05. The lowest BCUT2D eigenvalue weighted by Gasteiger charge is -2.37. The van der Waals surface area contributed by atoms with Gasteiger partial charge in [0.2, 0.25) is 0 Å². The van der Waals surface area contributed by atoms with E-state index in [-0.39, 0.29) is 0 Å². The van der Waals surface area contributed by atoms with Crippen LogP contribution in [0.5, 0.6) is 0 Å². The number of piperazine rings is 1. The van der Waals surface area contributed by atoms with Gasteiger partial charge in [-0.3, -0.25) is 4.90 Å². The van der Waals surface area contributed by atoms with E-state index in [9.17, 15) is 9.59 Å². The van der Waals surface area contributed by atoms with Crippen molar-refractivity contribution in [3.05, 3.63) is 112 Å². The molecule has 0 aliphatic carbocycles. The number of hydrogen-bond acceptors (Lipinski definition) is 4. The number of hydrogen-bond donors (Lipinski definition) is 2. The zero-order valence-electron chi connectivity index (χ0n) is 20.3. The van der Waals surface area contributed by atoms with Crippen LogP contribution in [0.4, 0.5) is 5.69 Å². The summed E-state index contributed by atoms with van der Waals surface area (Å²) in [5.74, 6) is -2.13. The van der Waals surface area contributed by atoms with Crippen molar-refractivity contribution in [2.24, 2.45) is 0 Å². The van der Waals surface area contributed by atoms with Crippen LogP contribution in [-0.4, -0.2) is 59.8 Å². The van der Waals surface area contributed by atoms with Crippen molar-refractivity contribution >= 4 is 40.8 Å². The molecule has 0 amide bonds. The third-order valence-corrected chi connectivity index (χ3v) is 6.71. The normalized spacial score (nSPS) is 14.6. The van der Waals surface area contributed by atoms with Crippen molar-refractivity contribution in [1.29, 1.82) is 0 Å². The van der Waals surface area contributed by atoms with Gasteiger partial charge in [-0.15, -0.1) is 0 Å². The summed E-state index contributed by atoms with van der Waals surface area (Å²) >= 11 is 12.5. The van der Waals surface area contributed by atoms with Crippen LogP contribution in [0, 0.1) is 0 Å². The van der Waals surface area contributed by atoms with Crippen molar-refractivity contribution in [3.63, 3.8) is 0 Å². The molecular weight excluding hydrogens is 511 g/mol. The molecule has 0 saturated carbocycles. The Kier molecular flexibility index (Phi) is 11.0. The maximum atomic E-state index is 9.55. The van der Waals surface area contributed by atoms with Crippen LogP contribution in [0.25, 0.3) is 0 Å². The van der Waals surface area contributed by atoms with Gasteiger partial charge in [-0.1, -0.05) is 77.8 Å². The Balaban J connectivity index is 0.000000414. The fourth-order valence-electron chi connectivity index (χ4n) is 4.28. The first kappa shape index (κ1) is 28.3. The van der Waals surface area contributed by atoms with Crippen LogP contribution in [0.1, 0.15) is 23.5 Å². The van der Waals surface area contributed by atoms with Gasteiger partial charge < -0.3 is 15.1 Å². The lowest BCUT2D eigenvalue weighted by atomic mass is 9.88. The van der Waals surface area contributed by atoms with Crippen LogP contribution >= 0.6 is 23.2 Å². The molecule has 4 rings (SSSR count). The minimum Gasteiger partial charge on any atom is -0.478 e. The van der Waals surface area contributed by atoms with Crippen LogP contribution in [-0.2, 0) is 9.59 Å². The molecule has 2 N–H and O–H groups in total. The lowest BCUT2D eigenvalue weighted by molar-refractivity contribution is -0.134. The molecule has 0 spiro atoms. The highest BCUT2D eigenvalue weighted by Crippen LogP contribution is 2.30. The number of benzene rings is 3. The van der Waals surface area contributed by atoms with E-state index in [1.807, 2.05) is 24.3 Å². The highest BCUT2D eigenvalue weighted by molar-refractivity contribution is 6.33. The van der Waals surface area contributed by atoms with E-state index in [4.69, 9.17) is 33.4 Å². The summed E-state index contributed by atoms with van der Waals surface area (Å²) in [6.45, 7) is 5.24. The van der Waals surface area contributed by atoms with E-state index < -0.39 is 11.9 Å². The van der Waals surface area contributed by atoms with Crippen molar-refractivity contribution in [2.45, 2.75) is 12.3 Å². The summed E-state index contributed by atoms with van der Waals surface area (Å²) in [6, 6.07) is 27.2. The van der Waals surface area contributed by atoms with Gasteiger partial charge in [-0.2, -0.15) is 0 Å². The smallest absolute Gasteiger partial charge is 0.328 e. The molecule has 1 saturated heterocycles. The molecule has 194 valence electrons. The van der Waals surface area contributed by atoms with Crippen LogP contribution in [0.2, 0.25) is 10.0 Å². The quantitative estimate of drug-likeness (QED) is 0.338. The number of anilines is 1. The minimum atomic E-state index is -1.26. The first-order chi connectivity index (χ1) is 17.8. The summed E-state index contributed by atoms with van der Waals surface area (Å²) in [5.41, 5.74) is 3.84. The predicted molar refractivity (Wildman–Crippen MR) is 149 cm³/mol. The van der Waals surface area contributed by atoms with E-state index in [1.165, 1.54) is 11.1 Å². The molecular formula is C29H30Cl2N2O4.